The number of hydrogen-bond donors (Lipinski definition) is 0. The molecule has 0 N–H and O–H groups in total. The van der Waals surface area contributed by atoms with Crippen LogP contribution in [0.2, 0.25) is 0 Å². The predicted octanol–water partition coefficient (Wildman–Crippen LogP) is 1.87. The van der Waals surface area contributed by atoms with Crippen LogP contribution in [0.1, 0.15) is 33.1 Å². The molecular formula is C11H23N2+. The maximum absolute atomic E-state index is 2.54. The van der Waals surface area contributed by atoms with E-state index in [1.54, 1.807) is 0 Å². The lowest BCUT2D eigenvalue weighted by atomic mass is 9.75. The summed E-state index contributed by atoms with van der Waals surface area (Å²) in [5, 5.41) is 2.54. The third-order valence-electron chi connectivity index (χ3n) is 4.94. The van der Waals surface area contributed by atoms with Crippen LogP contribution in [0.5, 0.6) is 0 Å². The number of rotatable bonds is 0. The highest BCUT2D eigenvalue weighted by Crippen LogP contribution is 2.44. The molecule has 0 radical (unpaired) electrons. The van der Waals surface area contributed by atoms with Crippen molar-refractivity contribution in [3.8, 4) is 0 Å². The monoisotopic (exact) mass is 183 g/mol. The molecule has 2 heteroatoms. The number of quaternary nitrogens is 1. The van der Waals surface area contributed by atoms with Crippen LogP contribution < -0.4 is 0 Å². The zero-order chi connectivity index (χ0) is 9.69. The highest BCUT2D eigenvalue weighted by Gasteiger charge is 2.54. The van der Waals surface area contributed by atoms with E-state index in [9.17, 15) is 0 Å². The number of fused-ring (bicyclic) bond motifs is 2. The summed E-state index contributed by atoms with van der Waals surface area (Å²) >= 11 is 0. The summed E-state index contributed by atoms with van der Waals surface area (Å²) in [4.78, 5) is 0. The maximum atomic E-state index is 2.54. The smallest absolute Gasteiger partial charge is 0.114 e. The SMILES string of the molecule is CN1CCC2CCC[N+]1(C)C2(C)C. The van der Waals surface area contributed by atoms with Crippen LogP contribution in [0.4, 0.5) is 0 Å². The van der Waals surface area contributed by atoms with Gasteiger partial charge in [0, 0.05) is 19.5 Å². The fourth-order valence-corrected chi connectivity index (χ4v) is 3.35. The van der Waals surface area contributed by atoms with Crippen molar-refractivity contribution >= 4 is 0 Å². The van der Waals surface area contributed by atoms with Gasteiger partial charge >= 0.3 is 0 Å². The molecule has 2 rings (SSSR count). The number of hydrogen-bond acceptors (Lipinski definition) is 1. The molecule has 2 saturated heterocycles. The summed E-state index contributed by atoms with van der Waals surface area (Å²) in [5.41, 5.74) is 0.464. The minimum atomic E-state index is 0.464. The van der Waals surface area contributed by atoms with Crippen LogP contribution in [0.25, 0.3) is 0 Å². The van der Waals surface area contributed by atoms with Crippen LogP contribution in [-0.4, -0.2) is 42.3 Å². The molecule has 2 aliphatic rings. The average Bonchev–Trinajstić information content (AvgIpc) is 2.04. The van der Waals surface area contributed by atoms with Gasteiger partial charge in [0.15, 0.2) is 0 Å². The first-order valence-electron chi connectivity index (χ1n) is 5.56. The van der Waals surface area contributed by atoms with Crippen molar-refractivity contribution < 1.29 is 4.59 Å². The Morgan fingerprint density at radius 2 is 2.00 bits per heavy atom. The molecule has 0 aliphatic carbocycles. The first-order chi connectivity index (χ1) is 5.98. The van der Waals surface area contributed by atoms with E-state index in [4.69, 9.17) is 0 Å². The maximum Gasteiger partial charge on any atom is 0.114 e. The highest BCUT2D eigenvalue weighted by atomic mass is 15.8. The molecule has 0 spiro atoms. The van der Waals surface area contributed by atoms with Crippen molar-refractivity contribution in [1.82, 2.24) is 5.01 Å². The van der Waals surface area contributed by atoms with Crippen molar-refractivity contribution in [3.63, 3.8) is 0 Å². The quantitative estimate of drug-likeness (QED) is 0.518. The fourth-order valence-electron chi connectivity index (χ4n) is 3.35. The predicted molar refractivity (Wildman–Crippen MR) is 55.1 cm³/mol. The van der Waals surface area contributed by atoms with Crippen molar-refractivity contribution in [1.29, 1.82) is 0 Å². The van der Waals surface area contributed by atoms with Gasteiger partial charge in [-0.2, -0.15) is 5.01 Å². The Hall–Kier alpha value is -0.0800. The Labute approximate surface area is 82.1 Å². The van der Waals surface area contributed by atoms with E-state index in [-0.39, 0.29) is 0 Å². The molecule has 2 aliphatic heterocycles. The normalized spacial score (nSPS) is 44.8. The largest absolute Gasteiger partial charge is 0.241 e. The van der Waals surface area contributed by atoms with E-state index in [0.717, 1.165) is 10.5 Å². The summed E-state index contributed by atoms with van der Waals surface area (Å²) in [6.45, 7) is 7.52. The van der Waals surface area contributed by atoms with Crippen molar-refractivity contribution in [2.45, 2.75) is 38.6 Å². The summed E-state index contributed by atoms with van der Waals surface area (Å²) in [6.07, 6.45) is 4.26. The van der Waals surface area contributed by atoms with Crippen LogP contribution in [0, 0.1) is 5.92 Å². The zero-order valence-electron chi connectivity index (χ0n) is 9.51. The minimum Gasteiger partial charge on any atom is -0.241 e. The molecule has 2 unspecified atom stereocenters. The van der Waals surface area contributed by atoms with Gasteiger partial charge in [-0.25, -0.2) is 4.59 Å². The van der Waals surface area contributed by atoms with E-state index >= 15 is 0 Å². The Morgan fingerprint density at radius 1 is 1.31 bits per heavy atom. The van der Waals surface area contributed by atoms with Gasteiger partial charge in [0.25, 0.3) is 0 Å². The summed E-state index contributed by atoms with van der Waals surface area (Å²) in [6, 6.07) is 0. The van der Waals surface area contributed by atoms with Crippen molar-refractivity contribution in [3.05, 3.63) is 0 Å². The number of nitrogens with zero attached hydrogens (tertiary/aromatic N) is 2. The second-order valence-electron chi connectivity index (χ2n) is 5.53. The molecule has 2 heterocycles. The molecule has 0 aromatic rings. The Kier molecular flexibility index (Phi) is 1.97. The summed E-state index contributed by atoms with van der Waals surface area (Å²) in [7, 11) is 4.69. The van der Waals surface area contributed by atoms with Gasteiger partial charge < -0.3 is 0 Å². The molecule has 0 aromatic carbocycles. The minimum absolute atomic E-state index is 0.464. The van der Waals surface area contributed by atoms with Crippen molar-refractivity contribution in [2.24, 2.45) is 5.92 Å². The first kappa shape index (κ1) is 9.47. The molecular weight excluding hydrogens is 160 g/mol. The first-order valence-corrected chi connectivity index (χ1v) is 5.56. The standard InChI is InChI=1S/C11H23N2/c1-11(2)10-6-5-9-13(11,4)12(3)8-7-10/h10H,5-9H2,1-4H3/q+1. The van der Waals surface area contributed by atoms with Crippen molar-refractivity contribution in [2.75, 3.05) is 27.2 Å². The highest BCUT2D eigenvalue weighted by molar-refractivity contribution is 4.86. The Balaban J connectivity index is 2.35. The molecule has 2 atom stereocenters. The molecule has 0 aromatic heterocycles. The Morgan fingerprint density at radius 3 is 2.62 bits per heavy atom. The second kappa shape index (κ2) is 2.71. The molecule has 2 fully saturated rings. The molecule has 0 amide bonds. The van der Waals surface area contributed by atoms with Gasteiger partial charge in [-0.15, -0.1) is 0 Å². The van der Waals surface area contributed by atoms with Gasteiger partial charge in [-0.05, 0) is 33.1 Å². The lowest BCUT2D eigenvalue weighted by molar-refractivity contribution is -1.07. The number of piperidine rings is 1. The van der Waals surface area contributed by atoms with Gasteiger partial charge in [0.05, 0.1) is 13.6 Å². The molecule has 76 valence electrons. The van der Waals surface area contributed by atoms with E-state index in [1.807, 2.05) is 0 Å². The van der Waals surface area contributed by atoms with Gasteiger partial charge in [-0.1, -0.05) is 0 Å². The summed E-state index contributed by atoms with van der Waals surface area (Å²) in [5.74, 6) is 0.947. The van der Waals surface area contributed by atoms with Crippen LogP contribution in [0.15, 0.2) is 0 Å². The second-order valence-corrected chi connectivity index (χ2v) is 5.53. The lowest BCUT2D eigenvalue weighted by Crippen LogP contribution is -2.74. The van der Waals surface area contributed by atoms with E-state index < -0.39 is 0 Å². The lowest BCUT2D eigenvalue weighted by Gasteiger charge is -2.60. The van der Waals surface area contributed by atoms with Crippen LogP contribution in [0.3, 0.4) is 0 Å². The van der Waals surface area contributed by atoms with E-state index in [2.05, 4.69) is 33.0 Å². The third kappa shape index (κ3) is 1.08. The molecule has 0 saturated carbocycles. The average molecular weight is 183 g/mol. The Bertz CT molecular complexity index is 212. The topological polar surface area (TPSA) is 3.24 Å². The fraction of sp³-hybridized carbons (Fsp3) is 1.00. The van der Waals surface area contributed by atoms with Gasteiger partial charge in [0.1, 0.15) is 5.54 Å². The van der Waals surface area contributed by atoms with Gasteiger partial charge in [-0.3, -0.25) is 0 Å². The van der Waals surface area contributed by atoms with E-state index in [1.165, 1.54) is 32.4 Å². The molecule has 2 bridgehead atoms. The van der Waals surface area contributed by atoms with Crippen LogP contribution in [-0.2, 0) is 0 Å². The van der Waals surface area contributed by atoms with E-state index in [0.29, 0.717) is 5.54 Å². The summed E-state index contributed by atoms with van der Waals surface area (Å²) < 4.78 is 1.16. The zero-order valence-corrected chi connectivity index (χ0v) is 9.51. The van der Waals surface area contributed by atoms with Crippen LogP contribution >= 0.6 is 0 Å². The third-order valence-corrected chi connectivity index (χ3v) is 4.94. The molecule has 2 nitrogen and oxygen atoms in total. The molecule has 13 heavy (non-hydrogen) atoms. The van der Waals surface area contributed by atoms with Gasteiger partial charge in [0.2, 0.25) is 0 Å².